The fourth-order valence-electron chi connectivity index (χ4n) is 13.6. The number of allylic oxidation sites excluding steroid dienone is 6. The molecular formula is C88H77NO8S7. The van der Waals surface area contributed by atoms with Gasteiger partial charge in [-0.25, -0.2) is 0 Å². The van der Waals surface area contributed by atoms with Crippen LogP contribution in [0, 0.1) is 0 Å². The predicted octanol–water partition coefficient (Wildman–Crippen LogP) is 23.5. The molecule has 5 aliphatic heterocycles. The standard InChI is InChI=1S/C88H77NO8S7/c1-2-3-4-5-6-7-8-9-10-11-12-13-14-15-16-41-58-89-83-85(98-77(71(92)61-46-29-19-30-47-61)67(69(90)59-42-25-17-26-43-59)87(83)101-79(73(94)63-50-33-21-34-51-63)80(102-87)74(95)64-52-35-22-36-53-64)100-86-84(89)88(68(70(91)60-44-27-18-28-45-60)78(99-86)72(93)62-48-31-20-32-49-62)103-81(75(96)65-54-37-23-38-55-65)82(104-88)76(97)66-56-39-24-40-57-66/h17-40,42-57H,2-16,41,58H2,1H3. The highest BCUT2D eigenvalue weighted by Crippen LogP contribution is 2.76. The minimum Gasteiger partial charge on any atom is -0.341 e. The van der Waals surface area contributed by atoms with E-state index in [0.717, 1.165) is 103 Å². The largest absolute Gasteiger partial charge is 0.341 e. The van der Waals surface area contributed by atoms with Crippen LogP contribution >= 0.6 is 82.3 Å². The molecule has 0 N–H and O–H groups in total. The number of rotatable bonds is 33. The van der Waals surface area contributed by atoms with E-state index in [9.17, 15) is 0 Å². The van der Waals surface area contributed by atoms with Gasteiger partial charge in [-0.2, -0.15) is 0 Å². The highest BCUT2D eigenvalue weighted by molar-refractivity contribution is 8.34. The first-order valence-electron chi connectivity index (χ1n) is 35.7. The molecule has 0 saturated carbocycles. The molecule has 8 aromatic rings. The molecule has 5 aliphatic rings. The first-order chi connectivity index (χ1) is 50.9. The summed E-state index contributed by atoms with van der Waals surface area (Å²) in [6, 6.07) is 69.9. The van der Waals surface area contributed by atoms with E-state index in [1.165, 1.54) is 76.0 Å². The minimum atomic E-state index is -1.89. The molecule has 13 rings (SSSR count). The fourth-order valence-corrected chi connectivity index (χ4v) is 25.9. The van der Waals surface area contributed by atoms with E-state index in [-0.39, 0.29) is 58.2 Å². The molecule has 5 heterocycles. The van der Waals surface area contributed by atoms with E-state index in [1.54, 1.807) is 194 Å². The Kier molecular flexibility index (Phi) is 24.8. The van der Waals surface area contributed by atoms with Crippen molar-refractivity contribution in [3.8, 4) is 0 Å². The topological polar surface area (TPSA) is 140 Å². The zero-order chi connectivity index (χ0) is 72.0. The summed E-state index contributed by atoms with van der Waals surface area (Å²) in [7, 11) is 0. The lowest BCUT2D eigenvalue weighted by Crippen LogP contribution is -2.49. The number of unbranched alkanes of at least 4 members (excludes halogenated alkanes) is 15. The molecule has 0 atom stereocenters. The average Bonchev–Trinajstić information content (AvgIpc) is 1.33. The lowest BCUT2D eigenvalue weighted by molar-refractivity contribution is 0.1000. The zero-order valence-electron chi connectivity index (χ0n) is 57.7. The number of carbonyl (C=O) groups excluding carboxylic acids is 8. The maximum atomic E-state index is 16.8. The Morgan fingerprint density at radius 2 is 0.452 bits per heavy atom. The molecule has 2 spiro atoms. The number of benzene rings is 8. The Morgan fingerprint density at radius 1 is 0.250 bits per heavy atom. The molecule has 0 bridgehead atoms. The van der Waals surface area contributed by atoms with Crippen molar-refractivity contribution in [2.45, 2.75) is 118 Å². The maximum absolute atomic E-state index is 16.8. The summed E-state index contributed by atoms with van der Waals surface area (Å²) >= 11 is 7.85. The molecule has 0 saturated heterocycles. The van der Waals surface area contributed by atoms with Gasteiger partial charge in [0.25, 0.3) is 0 Å². The number of thioether (sulfide) groups is 7. The maximum Gasteiger partial charge on any atom is 0.200 e. The van der Waals surface area contributed by atoms with Gasteiger partial charge in [-0.3, -0.25) is 38.4 Å². The Bertz CT molecular complexity index is 4360. The van der Waals surface area contributed by atoms with E-state index in [1.807, 2.05) is 48.5 Å². The second-order valence-corrected chi connectivity index (χ2v) is 35.0. The van der Waals surface area contributed by atoms with Crippen molar-refractivity contribution in [3.05, 3.63) is 348 Å². The van der Waals surface area contributed by atoms with Crippen molar-refractivity contribution >= 4 is 129 Å². The van der Waals surface area contributed by atoms with Gasteiger partial charge in [0, 0.05) is 51.1 Å². The molecule has 0 aromatic heterocycles. The Labute approximate surface area is 638 Å². The number of carbonyl (C=O) groups is 8. The summed E-state index contributed by atoms with van der Waals surface area (Å²) in [4.78, 5) is 133. The van der Waals surface area contributed by atoms with Crippen molar-refractivity contribution in [2.75, 3.05) is 6.54 Å². The van der Waals surface area contributed by atoms with Crippen molar-refractivity contribution in [2.24, 2.45) is 0 Å². The van der Waals surface area contributed by atoms with Gasteiger partial charge in [-0.05, 0) is 6.42 Å². The number of fused-ring (bicyclic) bond motifs is 2. The van der Waals surface area contributed by atoms with Gasteiger partial charge in [0.05, 0.1) is 60.4 Å². The van der Waals surface area contributed by atoms with Crippen molar-refractivity contribution in [1.29, 1.82) is 0 Å². The van der Waals surface area contributed by atoms with Crippen LogP contribution in [0.4, 0.5) is 0 Å². The van der Waals surface area contributed by atoms with E-state index in [0.29, 0.717) is 59.7 Å². The number of Topliss-reactive ketones (excluding diaryl/α,β-unsaturated/α-hetero) is 8. The molecule has 0 amide bonds. The van der Waals surface area contributed by atoms with E-state index in [2.05, 4.69) is 11.8 Å². The van der Waals surface area contributed by atoms with Crippen LogP contribution in [0.1, 0.15) is 193 Å². The molecule has 0 aliphatic carbocycles. The number of hydrogen-bond donors (Lipinski definition) is 0. The molecular weight excluding hydrogens is 1420 g/mol. The third-order valence-corrected chi connectivity index (χ3v) is 28.9. The highest BCUT2D eigenvalue weighted by atomic mass is 32.2. The summed E-state index contributed by atoms with van der Waals surface area (Å²) in [6.45, 7) is 2.45. The van der Waals surface area contributed by atoms with Crippen molar-refractivity contribution < 1.29 is 38.4 Å². The van der Waals surface area contributed by atoms with Gasteiger partial charge in [0.1, 0.15) is 8.16 Å². The Morgan fingerprint density at radius 3 is 0.683 bits per heavy atom. The summed E-state index contributed by atoms with van der Waals surface area (Å²) in [5.74, 6) is -3.85. The van der Waals surface area contributed by atoms with Crippen LogP contribution in [-0.2, 0) is 0 Å². The molecule has 9 nitrogen and oxygen atoms in total. The fraction of sp³-hybridized carbons (Fsp3) is 0.227. The van der Waals surface area contributed by atoms with Gasteiger partial charge >= 0.3 is 0 Å². The Hall–Kier alpha value is -8.19. The smallest absolute Gasteiger partial charge is 0.200 e. The van der Waals surface area contributed by atoms with Crippen LogP contribution in [0.3, 0.4) is 0 Å². The molecule has 0 radical (unpaired) electrons. The molecule has 8 aromatic carbocycles. The van der Waals surface area contributed by atoms with Crippen LogP contribution in [0.15, 0.2) is 303 Å². The number of ketones is 8. The quantitative estimate of drug-likeness (QED) is 0.0284. The van der Waals surface area contributed by atoms with Crippen LogP contribution in [0.25, 0.3) is 0 Å². The Balaban J connectivity index is 1.04. The monoisotopic (exact) mass is 1500 g/mol. The minimum absolute atomic E-state index is 0.0328. The lowest BCUT2D eigenvalue weighted by atomic mass is 9.92. The van der Waals surface area contributed by atoms with Crippen LogP contribution < -0.4 is 0 Å². The summed E-state index contributed by atoms with van der Waals surface area (Å²) < 4.78 is -2.73. The summed E-state index contributed by atoms with van der Waals surface area (Å²) in [5, 5.41) is 0. The molecule has 0 fully saturated rings. The van der Waals surface area contributed by atoms with E-state index >= 15 is 38.4 Å². The second-order valence-electron chi connectivity index (χ2n) is 26.0. The SMILES string of the molecule is CCCCCCCCCCCCCCCCCCN1C2=C(SC3=C1C1(SC(C(=O)c4ccccc4)=C(C(=O)c4ccccc4)S1)C(C(=O)c1ccccc1)=C(C(=O)c1ccccc1)S3)SC(C(=O)c1ccccc1)=C(C(=O)c1ccccc1)C21SC(C(=O)c2ccccc2)=C(C(=O)c2ccccc2)S1. The number of hydrogen-bond acceptors (Lipinski definition) is 16. The first kappa shape index (κ1) is 74.1. The molecule has 524 valence electrons. The normalized spacial score (nSPS) is 16.0. The zero-order valence-corrected chi connectivity index (χ0v) is 63.4. The lowest BCUT2D eigenvalue weighted by Gasteiger charge is -2.52. The van der Waals surface area contributed by atoms with Crippen LogP contribution in [0.2, 0.25) is 0 Å². The van der Waals surface area contributed by atoms with E-state index in [4.69, 9.17) is 0 Å². The summed E-state index contributed by atoms with van der Waals surface area (Å²) in [5.41, 5.74) is 3.27. The van der Waals surface area contributed by atoms with Gasteiger partial charge in [-0.15, -0.1) is 0 Å². The summed E-state index contributed by atoms with van der Waals surface area (Å²) in [6.07, 6.45) is 18.0. The molecule has 104 heavy (non-hydrogen) atoms. The van der Waals surface area contributed by atoms with Crippen LogP contribution in [0.5, 0.6) is 0 Å². The first-order valence-corrected chi connectivity index (χ1v) is 41.5. The van der Waals surface area contributed by atoms with Crippen molar-refractivity contribution in [3.63, 3.8) is 0 Å². The predicted molar refractivity (Wildman–Crippen MR) is 433 cm³/mol. The van der Waals surface area contributed by atoms with Gasteiger partial charge < -0.3 is 4.90 Å². The average molecular weight is 1500 g/mol. The van der Waals surface area contributed by atoms with Gasteiger partial charge in [0.2, 0.25) is 23.1 Å². The third-order valence-electron chi connectivity index (χ3n) is 18.8. The van der Waals surface area contributed by atoms with Gasteiger partial charge in [0.15, 0.2) is 23.1 Å². The molecule has 0 unspecified atom stereocenters. The van der Waals surface area contributed by atoms with Crippen LogP contribution in [-0.4, -0.2) is 65.9 Å². The number of nitrogens with zero attached hydrogens (tertiary/aromatic N) is 1. The highest BCUT2D eigenvalue weighted by Gasteiger charge is 2.65. The van der Waals surface area contributed by atoms with Gasteiger partial charge in [-0.1, -0.05) is 428 Å². The third kappa shape index (κ3) is 15.8. The second kappa shape index (κ2) is 34.8. The van der Waals surface area contributed by atoms with E-state index < -0.39 is 54.4 Å². The molecule has 16 heteroatoms. The van der Waals surface area contributed by atoms with Crippen molar-refractivity contribution in [1.82, 2.24) is 4.90 Å².